The van der Waals surface area contributed by atoms with Crippen LogP contribution in [0.4, 0.5) is 0 Å². The van der Waals surface area contributed by atoms with Gasteiger partial charge in [-0.25, -0.2) is 4.79 Å². The zero-order valence-corrected chi connectivity index (χ0v) is 18.1. The fraction of sp³-hybridized carbons (Fsp3) is 0.304. The molecule has 9 nitrogen and oxygen atoms in total. The molecular weight excluding hydrogens is 412 g/mol. The summed E-state index contributed by atoms with van der Waals surface area (Å²) >= 11 is 0. The maximum atomic E-state index is 13.3. The molecule has 1 fully saturated rings. The first-order valence-electron chi connectivity index (χ1n) is 10.2. The van der Waals surface area contributed by atoms with E-state index < -0.39 is 17.2 Å². The Kier molecular flexibility index (Phi) is 5.81. The van der Waals surface area contributed by atoms with Gasteiger partial charge in [-0.1, -0.05) is 29.8 Å². The molecule has 1 N–H and O–H groups in total. The zero-order valence-electron chi connectivity index (χ0n) is 18.1. The lowest BCUT2D eigenvalue weighted by Gasteiger charge is -2.14. The van der Waals surface area contributed by atoms with Gasteiger partial charge in [0.05, 0.1) is 26.5 Å². The molecule has 1 aliphatic rings. The van der Waals surface area contributed by atoms with Gasteiger partial charge in [0.2, 0.25) is 5.69 Å². The molecule has 4 rings (SSSR count). The van der Waals surface area contributed by atoms with E-state index in [0.29, 0.717) is 17.2 Å². The summed E-state index contributed by atoms with van der Waals surface area (Å²) in [6.45, 7) is 1.94. The van der Waals surface area contributed by atoms with Crippen molar-refractivity contribution in [3.8, 4) is 17.2 Å². The highest BCUT2D eigenvalue weighted by Gasteiger charge is 2.27. The van der Waals surface area contributed by atoms with Gasteiger partial charge in [0.25, 0.3) is 11.5 Å². The molecule has 9 heteroatoms. The van der Waals surface area contributed by atoms with E-state index in [1.54, 1.807) is 18.2 Å². The van der Waals surface area contributed by atoms with Crippen LogP contribution in [-0.4, -0.2) is 40.5 Å². The number of ether oxygens (including phenoxy) is 2. The third-order valence-electron chi connectivity index (χ3n) is 5.22. The number of carbonyl (C=O) groups excluding carboxylic acids is 1. The van der Waals surface area contributed by atoms with Crippen LogP contribution in [0, 0.1) is 6.92 Å². The second-order valence-corrected chi connectivity index (χ2v) is 7.71. The molecule has 1 saturated carbocycles. The fourth-order valence-electron chi connectivity index (χ4n) is 3.40. The van der Waals surface area contributed by atoms with Crippen molar-refractivity contribution in [3.63, 3.8) is 0 Å². The van der Waals surface area contributed by atoms with Crippen molar-refractivity contribution in [1.29, 1.82) is 0 Å². The highest BCUT2D eigenvalue weighted by molar-refractivity contribution is 5.92. The van der Waals surface area contributed by atoms with E-state index in [9.17, 15) is 14.4 Å². The Balaban J connectivity index is 1.88. The van der Waals surface area contributed by atoms with Crippen LogP contribution in [0.5, 0.6) is 11.5 Å². The summed E-state index contributed by atoms with van der Waals surface area (Å²) in [6, 6.07) is 12.3. The highest BCUT2D eigenvalue weighted by Crippen LogP contribution is 2.28. The molecule has 32 heavy (non-hydrogen) atoms. The van der Waals surface area contributed by atoms with Gasteiger partial charge >= 0.3 is 5.69 Å². The minimum Gasteiger partial charge on any atom is -0.493 e. The molecule has 0 aliphatic heterocycles. The molecule has 0 unspecified atom stereocenters. The summed E-state index contributed by atoms with van der Waals surface area (Å²) in [5.74, 6) is 0.271. The monoisotopic (exact) mass is 436 g/mol. The molecule has 0 radical (unpaired) electrons. The summed E-state index contributed by atoms with van der Waals surface area (Å²) in [7, 11) is 2.98. The lowest BCUT2D eigenvalue weighted by Crippen LogP contribution is -2.46. The van der Waals surface area contributed by atoms with Crippen molar-refractivity contribution in [3.05, 3.63) is 80.1 Å². The van der Waals surface area contributed by atoms with Crippen molar-refractivity contribution in [2.24, 2.45) is 0 Å². The fourth-order valence-corrected chi connectivity index (χ4v) is 3.40. The molecular formula is C23H24N4O5. The Morgan fingerprint density at radius 1 is 1.09 bits per heavy atom. The summed E-state index contributed by atoms with van der Waals surface area (Å²) in [4.78, 5) is 39.2. The van der Waals surface area contributed by atoms with Crippen molar-refractivity contribution in [2.75, 3.05) is 14.2 Å². The Hall–Kier alpha value is -3.88. The lowest BCUT2D eigenvalue weighted by molar-refractivity contribution is 0.0941. The third-order valence-corrected chi connectivity index (χ3v) is 5.22. The van der Waals surface area contributed by atoms with E-state index >= 15 is 0 Å². The minimum absolute atomic E-state index is 0.0128. The van der Waals surface area contributed by atoms with Crippen molar-refractivity contribution < 1.29 is 14.3 Å². The van der Waals surface area contributed by atoms with Crippen molar-refractivity contribution in [1.82, 2.24) is 19.7 Å². The van der Waals surface area contributed by atoms with Gasteiger partial charge in [-0.15, -0.1) is 0 Å². The van der Waals surface area contributed by atoms with Crippen molar-refractivity contribution >= 4 is 5.91 Å². The Labute approximate surface area is 184 Å². The highest BCUT2D eigenvalue weighted by atomic mass is 16.5. The first-order chi connectivity index (χ1) is 15.4. The Morgan fingerprint density at radius 3 is 2.50 bits per heavy atom. The van der Waals surface area contributed by atoms with E-state index in [1.165, 1.54) is 14.2 Å². The molecule has 166 valence electrons. The number of carbonyl (C=O) groups is 1. The van der Waals surface area contributed by atoms with E-state index in [2.05, 4.69) is 10.4 Å². The number of methoxy groups -OCH3 is 2. The SMILES string of the molecule is COc1ccc(-n2nc(C(=O)NC3CC3)c(=O)n(Cc3cccc(C)c3)c2=O)cc1OC. The first-order valence-corrected chi connectivity index (χ1v) is 10.2. The summed E-state index contributed by atoms with van der Waals surface area (Å²) < 4.78 is 12.6. The third kappa shape index (κ3) is 4.27. The number of hydrogen-bond donors (Lipinski definition) is 1. The van der Waals surface area contributed by atoms with Gasteiger partial charge in [0, 0.05) is 12.1 Å². The first kappa shape index (κ1) is 21.4. The van der Waals surface area contributed by atoms with E-state index in [1.807, 2.05) is 31.2 Å². The number of nitrogens with zero attached hydrogens (tertiary/aromatic N) is 3. The average molecular weight is 436 g/mol. The predicted molar refractivity (Wildman–Crippen MR) is 118 cm³/mol. The number of nitrogens with one attached hydrogen (secondary N) is 1. The number of amides is 1. The van der Waals surface area contributed by atoms with Gasteiger partial charge in [0.1, 0.15) is 0 Å². The number of aromatic nitrogens is 3. The van der Waals surface area contributed by atoms with Gasteiger partial charge in [-0.3, -0.25) is 14.2 Å². The van der Waals surface area contributed by atoms with Crippen LogP contribution in [0.15, 0.2) is 52.1 Å². The second kappa shape index (κ2) is 8.70. The summed E-state index contributed by atoms with van der Waals surface area (Å²) in [5.41, 5.74) is 0.377. The maximum Gasteiger partial charge on any atom is 0.352 e. The number of hydrogen-bond acceptors (Lipinski definition) is 6. The van der Waals surface area contributed by atoms with Crippen LogP contribution in [0.25, 0.3) is 5.69 Å². The Bertz CT molecular complexity index is 1290. The molecule has 0 bridgehead atoms. The molecule has 0 spiro atoms. The molecule has 0 atom stereocenters. The standard InChI is InChI=1S/C23H24N4O5/c1-14-5-4-6-15(11-14)13-26-22(29)20(21(28)24-16-7-8-16)25-27(23(26)30)17-9-10-18(31-2)19(12-17)32-3/h4-6,9-12,16H,7-8,13H2,1-3H3,(H,24,28). The van der Waals surface area contributed by atoms with Gasteiger partial charge in [-0.05, 0) is 37.5 Å². The number of aryl methyl sites for hydroxylation is 1. The van der Waals surface area contributed by atoms with Gasteiger partial charge in [-0.2, -0.15) is 9.78 Å². The van der Waals surface area contributed by atoms with Crippen LogP contribution >= 0.6 is 0 Å². The van der Waals surface area contributed by atoms with Crippen molar-refractivity contribution in [2.45, 2.75) is 32.4 Å². The second-order valence-electron chi connectivity index (χ2n) is 7.71. The van der Waals surface area contributed by atoms with Crippen LogP contribution in [-0.2, 0) is 6.54 Å². The van der Waals surface area contributed by atoms with Crippen LogP contribution < -0.4 is 26.0 Å². The molecule has 2 aromatic carbocycles. The molecule has 1 aliphatic carbocycles. The van der Waals surface area contributed by atoms with Gasteiger partial charge in [0.15, 0.2) is 11.5 Å². The number of benzene rings is 2. The summed E-state index contributed by atoms with van der Waals surface area (Å²) in [5, 5.41) is 6.91. The quantitative estimate of drug-likeness (QED) is 0.604. The molecule has 1 aromatic heterocycles. The summed E-state index contributed by atoms with van der Waals surface area (Å²) in [6.07, 6.45) is 1.72. The average Bonchev–Trinajstić information content (AvgIpc) is 3.60. The predicted octanol–water partition coefficient (Wildman–Crippen LogP) is 1.66. The molecule has 0 saturated heterocycles. The number of rotatable bonds is 7. The van der Waals surface area contributed by atoms with Gasteiger partial charge < -0.3 is 14.8 Å². The van der Waals surface area contributed by atoms with E-state index in [-0.39, 0.29) is 18.3 Å². The van der Waals surface area contributed by atoms with Crippen LogP contribution in [0.3, 0.4) is 0 Å². The largest absolute Gasteiger partial charge is 0.493 e. The van der Waals surface area contributed by atoms with E-state index in [0.717, 1.165) is 33.2 Å². The topological polar surface area (TPSA) is 104 Å². The molecule has 1 amide bonds. The Morgan fingerprint density at radius 2 is 1.84 bits per heavy atom. The maximum absolute atomic E-state index is 13.3. The lowest BCUT2D eigenvalue weighted by atomic mass is 10.1. The van der Waals surface area contributed by atoms with Crippen LogP contribution in [0.2, 0.25) is 0 Å². The smallest absolute Gasteiger partial charge is 0.352 e. The normalized spacial score (nSPS) is 13.0. The zero-order chi connectivity index (χ0) is 22.8. The molecule has 3 aromatic rings. The molecule has 1 heterocycles. The van der Waals surface area contributed by atoms with E-state index in [4.69, 9.17) is 9.47 Å². The minimum atomic E-state index is -0.730. The van der Waals surface area contributed by atoms with Crippen LogP contribution in [0.1, 0.15) is 34.5 Å².